The molecule has 0 bridgehead atoms. The summed E-state index contributed by atoms with van der Waals surface area (Å²) in [5.74, 6) is 1.55. The van der Waals surface area contributed by atoms with Gasteiger partial charge in [0.05, 0.1) is 23.9 Å². The average molecular weight is 722 g/mol. The lowest BCUT2D eigenvalue weighted by Crippen LogP contribution is -2.35. The number of aromatic nitrogens is 1. The number of ether oxygens (including phenoxy) is 1. The van der Waals surface area contributed by atoms with E-state index in [-0.39, 0.29) is 23.7 Å². The molecule has 0 spiro atoms. The zero-order chi connectivity index (χ0) is 36.7. The van der Waals surface area contributed by atoms with Crippen LogP contribution in [0.15, 0.2) is 41.3 Å². The van der Waals surface area contributed by atoms with Crippen LogP contribution in [0.4, 0.5) is 15.8 Å². The average Bonchev–Trinajstić information content (AvgIpc) is 3.14. The van der Waals surface area contributed by atoms with Crippen molar-refractivity contribution in [1.82, 2.24) is 14.8 Å². The molecular weight excluding hydrogens is 669 g/mol. The van der Waals surface area contributed by atoms with Gasteiger partial charge in [-0.2, -0.15) is 0 Å². The number of carbonyl (C=O) groups excluding carboxylic acids is 2. The number of hydrogen-bond donors (Lipinski definition) is 2. The van der Waals surface area contributed by atoms with Gasteiger partial charge in [-0.3, -0.25) is 14.5 Å². The molecule has 51 heavy (non-hydrogen) atoms. The van der Waals surface area contributed by atoms with E-state index in [1.165, 1.54) is 12.8 Å². The maximum atomic E-state index is 15.6. The van der Waals surface area contributed by atoms with Crippen LogP contribution in [0, 0.1) is 31.5 Å². The van der Waals surface area contributed by atoms with Gasteiger partial charge in [-0.25, -0.2) is 4.39 Å². The number of carbonyl (C=O) groups is 2. The second kappa shape index (κ2) is 17.6. The number of aldehydes is 1. The predicted octanol–water partition coefficient (Wildman–Crippen LogP) is 6.88. The molecule has 1 atom stereocenters. The van der Waals surface area contributed by atoms with E-state index in [2.05, 4.69) is 20.4 Å². The van der Waals surface area contributed by atoms with Crippen LogP contribution in [0.5, 0.6) is 5.75 Å². The summed E-state index contributed by atoms with van der Waals surface area (Å²) in [4.78, 5) is 40.1. The van der Waals surface area contributed by atoms with E-state index in [0.717, 1.165) is 80.7 Å². The third-order valence-electron chi connectivity index (χ3n) is 11.1. The zero-order valence-corrected chi connectivity index (χ0v) is 31.5. The Morgan fingerprint density at radius 3 is 2.31 bits per heavy atom. The summed E-state index contributed by atoms with van der Waals surface area (Å²) in [6, 6.07) is 8.85. The third-order valence-corrected chi connectivity index (χ3v) is 11.4. The minimum Gasteiger partial charge on any atom is -0.496 e. The van der Waals surface area contributed by atoms with Crippen LogP contribution in [0.3, 0.4) is 0 Å². The number of aryl methyl sites for hydroxylation is 1. The number of halogens is 2. The fourth-order valence-corrected chi connectivity index (χ4v) is 7.91. The Morgan fingerprint density at radius 1 is 1.04 bits per heavy atom. The largest absolute Gasteiger partial charge is 0.496 e. The van der Waals surface area contributed by atoms with Crippen LogP contribution in [-0.2, 0) is 23.2 Å². The molecule has 1 aromatic heterocycles. The van der Waals surface area contributed by atoms with E-state index < -0.39 is 6.04 Å². The van der Waals surface area contributed by atoms with E-state index in [1.54, 1.807) is 45.0 Å². The number of likely N-dealkylation sites (tertiary alicyclic amines) is 1. The molecule has 276 valence electrons. The summed E-state index contributed by atoms with van der Waals surface area (Å²) in [6.45, 7) is 8.04. The molecular formula is C40H53ClFN5O4. The molecule has 2 saturated heterocycles. The van der Waals surface area contributed by atoms with E-state index in [0.29, 0.717) is 52.3 Å². The molecule has 2 fully saturated rings. The number of nitrogens with one attached hydrogen (secondary N) is 2. The maximum Gasteiger partial charge on any atom is 0.253 e. The first-order chi connectivity index (χ1) is 24.5. The van der Waals surface area contributed by atoms with Crippen molar-refractivity contribution in [3.05, 3.63) is 74.4 Å². The topological polar surface area (TPSA) is 95.9 Å². The lowest BCUT2D eigenvalue weighted by atomic mass is 9.85. The number of anilines is 2. The van der Waals surface area contributed by atoms with Crippen molar-refractivity contribution in [2.75, 3.05) is 50.6 Å². The predicted molar refractivity (Wildman–Crippen MR) is 204 cm³/mol. The fourth-order valence-electron chi connectivity index (χ4n) is 7.61. The molecule has 2 aromatic carbocycles. The molecule has 0 saturated carbocycles. The number of piperidine rings is 2. The molecule has 2 aliphatic rings. The lowest BCUT2D eigenvalue weighted by molar-refractivity contribution is -0.120. The molecule has 2 N–H and O–H groups in total. The van der Waals surface area contributed by atoms with Crippen molar-refractivity contribution in [3.63, 3.8) is 0 Å². The van der Waals surface area contributed by atoms with Gasteiger partial charge in [0, 0.05) is 68.7 Å². The molecule has 11 heteroatoms. The Balaban J connectivity index is 1.07. The zero-order valence-electron chi connectivity index (χ0n) is 30.7. The van der Waals surface area contributed by atoms with Crippen molar-refractivity contribution in [1.29, 1.82) is 0 Å². The Kier molecular flexibility index (Phi) is 13.2. The Morgan fingerprint density at radius 2 is 1.71 bits per heavy atom. The van der Waals surface area contributed by atoms with Crippen LogP contribution < -0.4 is 25.8 Å². The molecule has 0 aliphatic carbocycles. The van der Waals surface area contributed by atoms with E-state index in [1.807, 2.05) is 31.2 Å². The normalized spacial score (nSPS) is 16.6. The van der Waals surface area contributed by atoms with E-state index >= 15 is 4.39 Å². The highest BCUT2D eigenvalue weighted by molar-refractivity contribution is 6.33. The minimum absolute atomic E-state index is 0.0454. The Labute approximate surface area is 306 Å². The molecule has 0 radical (unpaired) electrons. The van der Waals surface area contributed by atoms with Gasteiger partial charge in [-0.1, -0.05) is 24.4 Å². The summed E-state index contributed by atoms with van der Waals surface area (Å²) < 4.78 is 22.9. The third kappa shape index (κ3) is 9.51. The highest BCUT2D eigenvalue weighted by Gasteiger charge is 2.26. The fraction of sp³-hybridized carbons (Fsp3) is 0.525. The van der Waals surface area contributed by atoms with Gasteiger partial charge >= 0.3 is 0 Å². The van der Waals surface area contributed by atoms with Gasteiger partial charge in [-0.05, 0) is 112 Å². The maximum absolute atomic E-state index is 15.6. The number of amides is 1. The second-order valence-corrected chi connectivity index (χ2v) is 14.7. The lowest BCUT2D eigenvalue weighted by Gasteiger charge is -2.36. The first kappa shape index (κ1) is 38.3. The highest BCUT2D eigenvalue weighted by Crippen LogP contribution is 2.36. The number of benzene rings is 2. The van der Waals surface area contributed by atoms with Crippen LogP contribution in [-0.4, -0.2) is 68.0 Å². The van der Waals surface area contributed by atoms with Gasteiger partial charge in [0.2, 0.25) is 5.91 Å². The molecule has 1 unspecified atom stereocenters. The number of methoxy groups -OCH3 is 1. The van der Waals surface area contributed by atoms with Crippen molar-refractivity contribution < 1.29 is 18.7 Å². The monoisotopic (exact) mass is 721 g/mol. The van der Waals surface area contributed by atoms with E-state index in [9.17, 15) is 14.4 Å². The van der Waals surface area contributed by atoms with Gasteiger partial charge in [0.15, 0.2) is 0 Å². The molecule has 3 aromatic rings. The molecule has 5 rings (SSSR count). The highest BCUT2D eigenvalue weighted by atomic mass is 35.5. The van der Waals surface area contributed by atoms with Crippen LogP contribution in [0.1, 0.15) is 68.1 Å². The van der Waals surface area contributed by atoms with Crippen LogP contribution >= 0.6 is 11.6 Å². The Hall–Kier alpha value is -3.89. The second-order valence-electron chi connectivity index (χ2n) is 14.3. The van der Waals surface area contributed by atoms with Crippen molar-refractivity contribution in [2.45, 2.75) is 77.8 Å². The van der Waals surface area contributed by atoms with Crippen molar-refractivity contribution in [3.8, 4) is 16.9 Å². The number of pyridine rings is 1. The first-order valence-electron chi connectivity index (χ1n) is 18.2. The summed E-state index contributed by atoms with van der Waals surface area (Å²) >= 11 is 6.70. The van der Waals surface area contributed by atoms with Gasteiger partial charge in [0.25, 0.3) is 5.56 Å². The van der Waals surface area contributed by atoms with Gasteiger partial charge in [-0.15, -0.1) is 0 Å². The van der Waals surface area contributed by atoms with Crippen LogP contribution in [0.25, 0.3) is 11.1 Å². The summed E-state index contributed by atoms with van der Waals surface area (Å²) in [7, 11) is 4.90. The summed E-state index contributed by atoms with van der Waals surface area (Å²) in [5.41, 5.74) is 5.38. The summed E-state index contributed by atoms with van der Waals surface area (Å²) in [6.07, 6.45) is 10.2. The number of hydrogen-bond acceptors (Lipinski definition) is 7. The van der Waals surface area contributed by atoms with Gasteiger partial charge in [0.1, 0.15) is 17.9 Å². The first-order valence-corrected chi connectivity index (χ1v) is 18.6. The Bertz CT molecular complexity index is 1750. The molecule has 2 aliphatic heterocycles. The summed E-state index contributed by atoms with van der Waals surface area (Å²) in [5, 5.41) is 6.42. The SMILES string of the molecule is CNC(=O)CCC(C=O)Nc1ccc(N2CCC(CCC3CCN(Cc4c(F)cc(-c5cn(C)c(=O)c(C)c5C)cc4OC)CC3)CC2)c(Cl)c1. The van der Waals surface area contributed by atoms with Crippen molar-refractivity contribution >= 4 is 35.2 Å². The molecule has 9 nitrogen and oxygen atoms in total. The number of nitrogens with zero attached hydrogens (tertiary/aromatic N) is 3. The molecule has 3 heterocycles. The minimum atomic E-state index is -0.453. The smallest absolute Gasteiger partial charge is 0.253 e. The quantitative estimate of drug-likeness (QED) is 0.175. The van der Waals surface area contributed by atoms with E-state index in [4.69, 9.17) is 16.3 Å². The van der Waals surface area contributed by atoms with Crippen LogP contribution in [0.2, 0.25) is 5.02 Å². The number of rotatable bonds is 14. The standard InChI is InChI=1S/C40H53ClFN5O4/c1-26-27(2)40(50)45(4)23-33(26)30-20-36(42)34(38(21-30)51-5)24-46-16-12-28(13-17-46)6-7-29-14-18-47(19-15-29)37-10-8-31(22-35(37)41)44-32(25-48)9-11-39(49)43-3/h8,10,20-23,25,28-29,32,44H,6-7,9,11-19,24H2,1-5H3,(H,43,49). The molecule has 1 amide bonds. The van der Waals surface area contributed by atoms with Gasteiger partial charge < -0.3 is 29.6 Å². The van der Waals surface area contributed by atoms with Crippen molar-refractivity contribution in [2.24, 2.45) is 18.9 Å².